The summed E-state index contributed by atoms with van der Waals surface area (Å²) in [6, 6.07) is 9.35. The number of carbonyl (C=O) groups is 1. The fourth-order valence-corrected chi connectivity index (χ4v) is 2.39. The van der Waals surface area contributed by atoms with Gasteiger partial charge in [0.1, 0.15) is 0 Å². The third-order valence-corrected chi connectivity index (χ3v) is 3.49. The first kappa shape index (κ1) is 14.0. The lowest BCUT2D eigenvalue weighted by Gasteiger charge is -2.23. The Balaban J connectivity index is 1.82. The monoisotopic (exact) mass is 263 g/mol. The van der Waals surface area contributed by atoms with E-state index in [1.165, 1.54) is 6.42 Å². The van der Waals surface area contributed by atoms with Gasteiger partial charge in [0.05, 0.1) is 12.0 Å². The molecule has 2 atom stereocenters. The second kappa shape index (κ2) is 7.26. The van der Waals surface area contributed by atoms with Crippen LogP contribution < -0.4 is 5.32 Å². The van der Waals surface area contributed by atoms with Gasteiger partial charge in [-0.2, -0.15) is 0 Å². The summed E-state index contributed by atoms with van der Waals surface area (Å²) in [4.78, 5) is 11.3. The van der Waals surface area contributed by atoms with Gasteiger partial charge < -0.3 is 15.2 Å². The number of hydrogen-bond donors (Lipinski definition) is 2. The topological polar surface area (TPSA) is 58.6 Å². The molecule has 0 saturated carbocycles. The molecule has 1 heterocycles. The van der Waals surface area contributed by atoms with Gasteiger partial charge in [-0.3, -0.25) is 4.79 Å². The van der Waals surface area contributed by atoms with Crippen LogP contribution in [0, 0.1) is 0 Å². The molecule has 4 nitrogen and oxygen atoms in total. The molecule has 0 aromatic heterocycles. The summed E-state index contributed by atoms with van der Waals surface area (Å²) in [5, 5.41) is 12.5. The van der Waals surface area contributed by atoms with E-state index < -0.39 is 11.9 Å². The zero-order valence-electron chi connectivity index (χ0n) is 11.0. The van der Waals surface area contributed by atoms with Crippen molar-refractivity contribution < 1.29 is 14.6 Å². The fraction of sp³-hybridized carbons (Fsp3) is 0.533. The van der Waals surface area contributed by atoms with Gasteiger partial charge in [-0.1, -0.05) is 30.3 Å². The Morgan fingerprint density at radius 1 is 1.37 bits per heavy atom. The van der Waals surface area contributed by atoms with Gasteiger partial charge in [-0.05, 0) is 24.8 Å². The Morgan fingerprint density at radius 3 is 2.79 bits per heavy atom. The maximum Gasteiger partial charge on any atom is 0.312 e. The first-order valence-corrected chi connectivity index (χ1v) is 6.87. The Bertz CT molecular complexity index is 388. The normalized spacial score (nSPS) is 20.9. The summed E-state index contributed by atoms with van der Waals surface area (Å²) in [6.07, 6.45) is 3.64. The van der Waals surface area contributed by atoms with Gasteiger partial charge in [0.2, 0.25) is 0 Å². The van der Waals surface area contributed by atoms with Crippen molar-refractivity contribution in [2.45, 2.75) is 31.3 Å². The molecule has 0 amide bonds. The van der Waals surface area contributed by atoms with E-state index in [-0.39, 0.29) is 6.10 Å². The molecule has 0 bridgehead atoms. The molecular weight excluding hydrogens is 242 g/mol. The summed E-state index contributed by atoms with van der Waals surface area (Å²) in [7, 11) is 0. The number of rotatable bonds is 6. The molecular formula is C15H21NO3. The van der Waals surface area contributed by atoms with Gasteiger partial charge >= 0.3 is 5.97 Å². The minimum atomic E-state index is -0.789. The van der Waals surface area contributed by atoms with Crippen LogP contribution >= 0.6 is 0 Å². The molecule has 1 saturated heterocycles. The molecule has 1 aliphatic heterocycles. The highest BCUT2D eigenvalue weighted by molar-refractivity contribution is 5.76. The first-order valence-electron chi connectivity index (χ1n) is 6.87. The summed E-state index contributed by atoms with van der Waals surface area (Å²) in [5.41, 5.74) is 0.840. The van der Waals surface area contributed by atoms with Crippen molar-refractivity contribution >= 4 is 5.97 Å². The minimum absolute atomic E-state index is 0.235. The minimum Gasteiger partial charge on any atom is -0.481 e. The van der Waals surface area contributed by atoms with Crippen LogP contribution in [0.1, 0.15) is 30.7 Å². The zero-order valence-corrected chi connectivity index (χ0v) is 11.0. The summed E-state index contributed by atoms with van der Waals surface area (Å²) < 4.78 is 5.62. The van der Waals surface area contributed by atoms with Crippen LogP contribution in [0.15, 0.2) is 30.3 Å². The molecule has 2 N–H and O–H groups in total. The molecule has 1 aliphatic rings. The fourth-order valence-electron chi connectivity index (χ4n) is 2.39. The largest absolute Gasteiger partial charge is 0.481 e. The van der Waals surface area contributed by atoms with Gasteiger partial charge in [-0.25, -0.2) is 0 Å². The Kier molecular flexibility index (Phi) is 5.36. The summed E-state index contributed by atoms with van der Waals surface area (Å²) in [5.74, 6) is -1.28. The van der Waals surface area contributed by atoms with Crippen molar-refractivity contribution in [3.8, 4) is 0 Å². The molecule has 0 spiro atoms. The van der Waals surface area contributed by atoms with Crippen LogP contribution in [0.2, 0.25) is 0 Å². The number of carboxylic acids is 1. The van der Waals surface area contributed by atoms with Crippen LogP contribution in [0.25, 0.3) is 0 Å². The number of hydrogen-bond acceptors (Lipinski definition) is 3. The highest BCUT2D eigenvalue weighted by atomic mass is 16.5. The van der Waals surface area contributed by atoms with E-state index in [0.717, 1.165) is 31.6 Å². The standard InChI is InChI=1S/C15H21NO3/c17-15(18)14(12-6-2-1-3-7-12)11-16-10-13-8-4-5-9-19-13/h1-3,6-7,13-14,16H,4-5,8-11H2,(H,17,18). The molecule has 2 rings (SSSR count). The highest BCUT2D eigenvalue weighted by Gasteiger charge is 2.20. The third-order valence-electron chi connectivity index (χ3n) is 3.49. The van der Waals surface area contributed by atoms with E-state index in [1.54, 1.807) is 0 Å². The average molecular weight is 263 g/mol. The maximum atomic E-state index is 11.3. The lowest BCUT2D eigenvalue weighted by Crippen LogP contribution is -2.35. The van der Waals surface area contributed by atoms with Gasteiger partial charge in [0.25, 0.3) is 0 Å². The van der Waals surface area contributed by atoms with E-state index in [0.29, 0.717) is 6.54 Å². The lowest BCUT2D eigenvalue weighted by molar-refractivity contribution is -0.138. The molecule has 0 aliphatic carbocycles. The summed E-state index contributed by atoms with van der Waals surface area (Å²) >= 11 is 0. The van der Waals surface area contributed by atoms with Crippen molar-refractivity contribution in [2.24, 2.45) is 0 Å². The second-order valence-corrected chi connectivity index (χ2v) is 4.95. The van der Waals surface area contributed by atoms with Gasteiger partial charge in [-0.15, -0.1) is 0 Å². The highest BCUT2D eigenvalue weighted by Crippen LogP contribution is 2.16. The van der Waals surface area contributed by atoms with Crippen molar-refractivity contribution in [2.75, 3.05) is 19.7 Å². The van der Waals surface area contributed by atoms with Crippen LogP contribution in [-0.2, 0) is 9.53 Å². The SMILES string of the molecule is O=C(O)C(CNCC1CCCCO1)c1ccccc1. The number of ether oxygens (including phenoxy) is 1. The van der Waals surface area contributed by atoms with Crippen molar-refractivity contribution in [3.63, 3.8) is 0 Å². The predicted octanol–water partition coefficient (Wildman–Crippen LogP) is 2.01. The molecule has 104 valence electrons. The smallest absolute Gasteiger partial charge is 0.312 e. The van der Waals surface area contributed by atoms with E-state index in [2.05, 4.69) is 5.32 Å². The first-order chi connectivity index (χ1) is 9.27. The molecule has 0 radical (unpaired) electrons. The quantitative estimate of drug-likeness (QED) is 0.824. The van der Waals surface area contributed by atoms with Crippen LogP contribution in [0.3, 0.4) is 0 Å². The molecule has 1 aromatic rings. The average Bonchev–Trinajstić information content (AvgIpc) is 2.45. The van der Waals surface area contributed by atoms with E-state index in [1.807, 2.05) is 30.3 Å². The molecule has 2 unspecified atom stereocenters. The molecule has 1 aromatic carbocycles. The Morgan fingerprint density at radius 2 is 2.16 bits per heavy atom. The Labute approximate surface area is 113 Å². The number of carboxylic acid groups (broad SMARTS) is 1. The van der Waals surface area contributed by atoms with Crippen molar-refractivity contribution in [1.82, 2.24) is 5.32 Å². The number of nitrogens with one attached hydrogen (secondary N) is 1. The van der Waals surface area contributed by atoms with E-state index >= 15 is 0 Å². The maximum absolute atomic E-state index is 11.3. The van der Waals surface area contributed by atoms with Gasteiger partial charge in [0, 0.05) is 19.7 Å². The van der Waals surface area contributed by atoms with Crippen LogP contribution in [-0.4, -0.2) is 36.9 Å². The van der Waals surface area contributed by atoms with E-state index in [9.17, 15) is 9.90 Å². The zero-order chi connectivity index (χ0) is 13.5. The van der Waals surface area contributed by atoms with Gasteiger partial charge in [0.15, 0.2) is 0 Å². The summed E-state index contributed by atoms with van der Waals surface area (Å²) in [6.45, 7) is 2.00. The van der Waals surface area contributed by atoms with E-state index in [4.69, 9.17) is 4.74 Å². The Hall–Kier alpha value is -1.39. The second-order valence-electron chi connectivity index (χ2n) is 4.95. The van der Waals surface area contributed by atoms with Crippen LogP contribution in [0.4, 0.5) is 0 Å². The molecule has 4 heteroatoms. The number of aliphatic carboxylic acids is 1. The molecule has 1 fully saturated rings. The lowest BCUT2D eigenvalue weighted by atomic mass is 9.99. The third kappa shape index (κ3) is 4.33. The van der Waals surface area contributed by atoms with Crippen molar-refractivity contribution in [3.05, 3.63) is 35.9 Å². The van der Waals surface area contributed by atoms with Crippen LogP contribution in [0.5, 0.6) is 0 Å². The number of benzene rings is 1. The predicted molar refractivity (Wildman–Crippen MR) is 73.3 cm³/mol. The molecule has 19 heavy (non-hydrogen) atoms. The van der Waals surface area contributed by atoms with Crippen molar-refractivity contribution in [1.29, 1.82) is 0 Å².